The van der Waals surface area contributed by atoms with Crippen molar-refractivity contribution in [1.29, 1.82) is 10.5 Å². The number of hydrogen-bond acceptors (Lipinski definition) is 3. The predicted octanol–water partition coefficient (Wildman–Crippen LogP) is 5.25. The first kappa shape index (κ1) is 27.8. The highest BCUT2D eigenvalue weighted by atomic mass is 15.1. The third kappa shape index (κ3) is 6.90. The molecule has 0 saturated heterocycles. The first-order valence-corrected chi connectivity index (χ1v) is 13.4. The molecule has 1 aliphatic rings. The molecule has 190 valence electrons. The van der Waals surface area contributed by atoms with E-state index in [0.29, 0.717) is 5.22 Å². The average Bonchev–Trinajstić information content (AvgIpc) is 2.88. The predicted molar refractivity (Wildman–Crippen MR) is 155 cm³/mol. The number of rotatable bonds is 7. The molecule has 0 aromatic heterocycles. The summed E-state index contributed by atoms with van der Waals surface area (Å²) in [5.41, 5.74) is 6.68. The van der Waals surface area contributed by atoms with Crippen LogP contribution in [0.2, 0.25) is 0 Å². The van der Waals surface area contributed by atoms with Crippen molar-refractivity contribution < 1.29 is 0 Å². The Labute approximate surface area is 222 Å². The lowest BCUT2D eigenvalue weighted by Crippen LogP contribution is -2.26. The van der Waals surface area contributed by atoms with Gasteiger partial charge in [0.25, 0.3) is 0 Å². The molecule has 0 aliphatic carbocycles. The third-order valence-electron chi connectivity index (χ3n) is 7.22. The van der Waals surface area contributed by atoms with Crippen LogP contribution < -0.4 is 20.9 Å². The van der Waals surface area contributed by atoms with Gasteiger partial charge in [0.1, 0.15) is 17.7 Å². The maximum absolute atomic E-state index is 9.05. The van der Waals surface area contributed by atoms with E-state index in [1.807, 2.05) is 36.4 Å². The Bertz CT molecular complexity index is 1450. The summed E-state index contributed by atoms with van der Waals surface area (Å²) in [4.78, 5) is 2.40. The molecule has 0 amide bonds. The molecule has 37 heavy (non-hydrogen) atoms. The maximum atomic E-state index is 9.05. The Morgan fingerprint density at radius 1 is 0.865 bits per heavy atom. The zero-order chi connectivity index (χ0) is 26.9. The first-order valence-electron chi connectivity index (χ1n) is 13.4. The van der Waals surface area contributed by atoms with E-state index in [9.17, 15) is 0 Å². The summed E-state index contributed by atoms with van der Waals surface area (Å²) in [5.74, 6) is 0.734. The van der Waals surface area contributed by atoms with Gasteiger partial charge in [-0.1, -0.05) is 81.7 Å². The Morgan fingerprint density at radius 3 is 1.95 bits per heavy atom. The van der Waals surface area contributed by atoms with Crippen LogP contribution in [-0.4, -0.2) is 11.4 Å². The molecule has 1 heterocycles. The van der Waals surface area contributed by atoms with Crippen molar-refractivity contribution in [3.63, 3.8) is 0 Å². The van der Waals surface area contributed by atoms with E-state index in [4.69, 9.17) is 10.5 Å². The van der Waals surface area contributed by atoms with Crippen molar-refractivity contribution in [2.75, 3.05) is 6.54 Å². The summed E-state index contributed by atoms with van der Waals surface area (Å²) in [5, 5.41) is 22.3. The Hall–Kier alpha value is -3.82. The van der Waals surface area contributed by atoms with Crippen LogP contribution in [0.15, 0.2) is 59.9 Å². The lowest BCUT2D eigenvalue weighted by Gasteiger charge is -2.29. The number of allylic oxidation sites excluding steroid dienone is 2. The van der Waals surface area contributed by atoms with Gasteiger partial charge in [0.2, 0.25) is 0 Å². The highest BCUT2D eigenvalue weighted by Gasteiger charge is 2.17. The van der Waals surface area contributed by atoms with Crippen LogP contribution in [0.3, 0.4) is 0 Å². The van der Waals surface area contributed by atoms with E-state index in [1.54, 1.807) is 0 Å². The zero-order valence-corrected chi connectivity index (χ0v) is 23.2. The van der Waals surface area contributed by atoms with Crippen LogP contribution in [0.25, 0.3) is 23.3 Å². The second-order valence-electron chi connectivity index (χ2n) is 10.2. The van der Waals surface area contributed by atoms with Gasteiger partial charge < -0.3 is 4.90 Å². The Kier molecular flexibility index (Phi) is 9.71. The monoisotopic (exact) mass is 489 g/mol. The minimum absolute atomic E-state index is 0.135. The molecule has 1 atom stereocenters. The molecular formula is C34H39N3. The number of nitrogens with zero attached hydrogens (tertiary/aromatic N) is 3. The molecule has 3 heteroatoms. The lowest BCUT2D eigenvalue weighted by molar-refractivity contribution is 0.344. The van der Waals surface area contributed by atoms with Gasteiger partial charge in [-0.05, 0) is 83.5 Å². The van der Waals surface area contributed by atoms with Crippen molar-refractivity contribution in [3.8, 4) is 12.1 Å². The first-order chi connectivity index (χ1) is 17.8. The molecule has 2 aromatic carbocycles. The second-order valence-corrected chi connectivity index (χ2v) is 10.2. The van der Waals surface area contributed by atoms with Crippen molar-refractivity contribution in [2.24, 2.45) is 5.92 Å². The van der Waals surface area contributed by atoms with E-state index in [2.05, 4.69) is 83.1 Å². The van der Waals surface area contributed by atoms with E-state index in [0.717, 1.165) is 22.9 Å². The summed E-state index contributed by atoms with van der Waals surface area (Å²) in [7, 11) is 0. The molecular weight excluding hydrogens is 450 g/mol. The van der Waals surface area contributed by atoms with Crippen molar-refractivity contribution >= 4 is 23.3 Å². The molecule has 0 spiro atoms. The topological polar surface area (TPSA) is 50.8 Å². The van der Waals surface area contributed by atoms with Gasteiger partial charge in [0.05, 0.1) is 0 Å². The van der Waals surface area contributed by atoms with E-state index < -0.39 is 0 Å². The zero-order valence-electron chi connectivity index (χ0n) is 23.2. The standard InChI is InChI=1S/C34H39N3/c1-7-9-10-28(8-2)23-37-21-26(5)34(27(6)22-37)33-24(3)17-30(18-25(33)4)12-11-29-13-15-31(16-14-29)32(19-35)20-36/h11-18,21-22,28H,7-10,23H2,1-6H3. The minimum Gasteiger partial charge on any atom is -0.353 e. The molecule has 0 fully saturated rings. The quantitative estimate of drug-likeness (QED) is 0.534. The second kappa shape index (κ2) is 12.9. The highest BCUT2D eigenvalue weighted by molar-refractivity contribution is 5.79. The molecule has 2 aromatic rings. The van der Waals surface area contributed by atoms with Crippen LogP contribution in [0.1, 0.15) is 64.5 Å². The SMILES string of the molecule is CCCCC(CC)CN1C=C(C)C(=c2c(C)cc(=CC=c3ccc(=C(C#N)C#N)cc3)cc2C)C(C)=C1. The molecule has 0 radical (unpaired) electrons. The number of hydrogen-bond donors (Lipinski definition) is 0. The van der Waals surface area contributed by atoms with Gasteiger partial charge in [0, 0.05) is 24.2 Å². The van der Waals surface area contributed by atoms with Gasteiger partial charge in [-0.25, -0.2) is 0 Å². The van der Waals surface area contributed by atoms with Crippen LogP contribution in [0.4, 0.5) is 0 Å². The Morgan fingerprint density at radius 2 is 1.43 bits per heavy atom. The number of nitriles is 2. The third-order valence-corrected chi connectivity index (χ3v) is 7.22. The fourth-order valence-corrected chi connectivity index (χ4v) is 5.29. The van der Waals surface area contributed by atoms with Crippen LogP contribution >= 0.6 is 0 Å². The summed E-state index contributed by atoms with van der Waals surface area (Å²) >= 11 is 0. The average molecular weight is 490 g/mol. The fraction of sp³-hybridized carbons (Fsp3) is 0.353. The Balaban J connectivity index is 1.97. The van der Waals surface area contributed by atoms with Crippen molar-refractivity contribution in [3.05, 3.63) is 91.9 Å². The van der Waals surface area contributed by atoms with E-state index in [-0.39, 0.29) is 5.57 Å². The molecule has 0 saturated carbocycles. The minimum atomic E-state index is 0.135. The number of unbranched alkanes of at least 4 members (excludes halogenated alkanes) is 1. The highest BCUT2D eigenvalue weighted by Crippen LogP contribution is 2.27. The summed E-state index contributed by atoms with van der Waals surface area (Å²) in [6, 6.07) is 15.9. The lowest BCUT2D eigenvalue weighted by atomic mass is 9.91. The molecule has 1 unspecified atom stereocenters. The largest absolute Gasteiger partial charge is 0.353 e. The van der Waals surface area contributed by atoms with Gasteiger partial charge in [-0.15, -0.1) is 0 Å². The number of benzene rings is 2. The molecule has 0 bridgehead atoms. The normalized spacial score (nSPS) is 13.7. The molecule has 0 N–H and O–H groups in total. The summed E-state index contributed by atoms with van der Waals surface area (Å²) in [6.07, 6.45) is 13.9. The van der Waals surface area contributed by atoms with E-state index >= 15 is 0 Å². The van der Waals surface area contributed by atoms with Gasteiger partial charge >= 0.3 is 0 Å². The fourth-order valence-electron chi connectivity index (χ4n) is 5.29. The van der Waals surface area contributed by atoms with Gasteiger partial charge in [-0.2, -0.15) is 10.5 Å². The number of aryl methyl sites for hydroxylation is 2. The van der Waals surface area contributed by atoms with Crippen LogP contribution in [0, 0.1) is 42.4 Å². The molecule has 1 aliphatic heterocycles. The van der Waals surface area contributed by atoms with Gasteiger partial charge in [0.15, 0.2) is 0 Å². The molecule has 3 rings (SSSR count). The van der Waals surface area contributed by atoms with Crippen LogP contribution in [0.5, 0.6) is 0 Å². The molecule has 3 nitrogen and oxygen atoms in total. The summed E-state index contributed by atoms with van der Waals surface area (Å²) in [6.45, 7) is 14.6. The van der Waals surface area contributed by atoms with E-state index in [1.165, 1.54) is 58.7 Å². The van der Waals surface area contributed by atoms with Gasteiger partial charge in [-0.3, -0.25) is 0 Å². The van der Waals surface area contributed by atoms with Crippen molar-refractivity contribution in [1.82, 2.24) is 4.90 Å². The summed E-state index contributed by atoms with van der Waals surface area (Å²) < 4.78 is 0. The van der Waals surface area contributed by atoms with Crippen molar-refractivity contribution in [2.45, 2.75) is 67.2 Å². The smallest absolute Gasteiger partial charge is 0.136 e. The van der Waals surface area contributed by atoms with Crippen LogP contribution in [-0.2, 0) is 0 Å². The maximum Gasteiger partial charge on any atom is 0.136 e.